The van der Waals surface area contributed by atoms with E-state index < -0.39 is 15.9 Å². The van der Waals surface area contributed by atoms with Gasteiger partial charge in [-0.3, -0.25) is 0 Å². The number of sulfone groups is 1. The Morgan fingerprint density at radius 3 is 1.90 bits per heavy atom. The van der Waals surface area contributed by atoms with Gasteiger partial charge >= 0.3 is 0 Å². The molecule has 0 aliphatic carbocycles. The summed E-state index contributed by atoms with van der Waals surface area (Å²) in [5.41, 5.74) is 0.911. The molecule has 0 aliphatic heterocycles. The average molecular weight is 322 g/mol. The molecule has 0 unspecified atom stereocenters. The summed E-state index contributed by atoms with van der Waals surface area (Å²) >= 11 is 1.56. The quantitative estimate of drug-likeness (QED) is 0.912. The van der Waals surface area contributed by atoms with Crippen molar-refractivity contribution in [3.05, 3.63) is 54.1 Å². The fourth-order valence-corrected chi connectivity index (χ4v) is 3.33. The van der Waals surface area contributed by atoms with Gasteiger partial charge in [-0.25, -0.2) is 8.42 Å². The molecule has 1 atom stereocenters. The standard InChI is InChI=1S/C16H18O3S2/c1-3-16(17)12-4-6-13(7-5-12)20-14-8-10-15(11-9-14)21(2,18)19/h4-11,16-17H,3H2,1-2H3/t16-/m0/s1. The lowest BCUT2D eigenvalue weighted by Crippen LogP contribution is -1.96. The molecule has 0 saturated heterocycles. The van der Waals surface area contributed by atoms with Gasteiger partial charge in [-0.05, 0) is 48.4 Å². The van der Waals surface area contributed by atoms with Gasteiger partial charge in [0.15, 0.2) is 9.84 Å². The second kappa shape index (κ2) is 6.64. The third kappa shape index (κ3) is 4.33. The molecule has 0 aromatic heterocycles. The highest BCUT2D eigenvalue weighted by Gasteiger charge is 2.07. The molecule has 0 radical (unpaired) electrons. The maximum Gasteiger partial charge on any atom is 0.175 e. The highest BCUT2D eigenvalue weighted by Crippen LogP contribution is 2.29. The highest BCUT2D eigenvalue weighted by molar-refractivity contribution is 7.99. The van der Waals surface area contributed by atoms with Gasteiger partial charge in [-0.15, -0.1) is 0 Å². The van der Waals surface area contributed by atoms with E-state index in [0.717, 1.165) is 15.4 Å². The Labute approximate surface area is 129 Å². The number of aliphatic hydroxyl groups excluding tert-OH is 1. The molecule has 0 fully saturated rings. The van der Waals surface area contributed by atoms with E-state index in [-0.39, 0.29) is 0 Å². The average Bonchev–Trinajstić information content (AvgIpc) is 2.47. The predicted molar refractivity (Wildman–Crippen MR) is 85.4 cm³/mol. The van der Waals surface area contributed by atoms with Crippen molar-refractivity contribution in [3.8, 4) is 0 Å². The molecule has 5 heteroatoms. The number of hydrogen-bond acceptors (Lipinski definition) is 4. The molecule has 2 aromatic carbocycles. The van der Waals surface area contributed by atoms with Gasteiger partial charge in [0, 0.05) is 16.0 Å². The van der Waals surface area contributed by atoms with Crippen LogP contribution in [-0.2, 0) is 9.84 Å². The number of benzene rings is 2. The van der Waals surface area contributed by atoms with Crippen molar-refractivity contribution in [2.24, 2.45) is 0 Å². The van der Waals surface area contributed by atoms with E-state index in [9.17, 15) is 13.5 Å². The molecule has 3 nitrogen and oxygen atoms in total. The largest absolute Gasteiger partial charge is 0.388 e. The van der Waals surface area contributed by atoms with Gasteiger partial charge in [-0.2, -0.15) is 0 Å². The van der Waals surface area contributed by atoms with Crippen molar-refractivity contribution in [2.45, 2.75) is 34.1 Å². The third-order valence-electron chi connectivity index (χ3n) is 3.14. The van der Waals surface area contributed by atoms with Gasteiger partial charge in [0.2, 0.25) is 0 Å². The fraction of sp³-hybridized carbons (Fsp3) is 0.250. The van der Waals surface area contributed by atoms with Crippen LogP contribution < -0.4 is 0 Å². The zero-order valence-corrected chi connectivity index (χ0v) is 13.6. The summed E-state index contributed by atoms with van der Waals surface area (Å²) < 4.78 is 22.8. The molecule has 0 saturated carbocycles. The summed E-state index contributed by atoms with van der Waals surface area (Å²) in [5.74, 6) is 0. The third-order valence-corrected chi connectivity index (χ3v) is 5.28. The second-order valence-electron chi connectivity index (χ2n) is 4.84. The molecule has 2 aromatic rings. The van der Waals surface area contributed by atoms with Crippen LogP contribution in [0.2, 0.25) is 0 Å². The normalized spacial score (nSPS) is 13.1. The van der Waals surface area contributed by atoms with Crippen molar-refractivity contribution < 1.29 is 13.5 Å². The number of aliphatic hydroxyl groups is 1. The Balaban J connectivity index is 2.11. The van der Waals surface area contributed by atoms with E-state index >= 15 is 0 Å². The molecular formula is C16H18O3S2. The zero-order valence-electron chi connectivity index (χ0n) is 12.0. The minimum absolute atomic E-state index is 0.327. The smallest absolute Gasteiger partial charge is 0.175 e. The van der Waals surface area contributed by atoms with Gasteiger partial charge in [0.05, 0.1) is 11.0 Å². The summed E-state index contributed by atoms with van der Waals surface area (Å²) in [4.78, 5) is 2.36. The topological polar surface area (TPSA) is 54.4 Å². The monoisotopic (exact) mass is 322 g/mol. The number of hydrogen-bond donors (Lipinski definition) is 1. The van der Waals surface area contributed by atoms with Crippen molar-refractivity contribution >= 4 is 21.6 Å². The van der Waals surface area contributed by atoms with Crippen LogP contribution in [-0.4, -0.2) is 19.8 Å². The van der Waals surface area contributed by atoms with Crippen molar-refractivity contribution in [1.82, 2.24) is 0 Å². The van der Waals surface area contributed by atoms with Crippen molar-refractivity contribution in [3.63, 3.8) is 0 Å². The minimum atomic E-state index is -3.15. The lowest BCUT2D eigenvalue weighted by molar-refractivity contribution is 0.173. The first kappa shape index (κ1) is 16.1. The van der Waals surface area contributed by atoms with E-state index in [1.165, 1.54) is 6.26 Å². The van der Waals surface area contributed by atoms with Gasteiger partial charge in [0.25, 0.3) is 0 Å². The van der Waals surface area contributed by atoms with E-state index in [1.807, 2.05) is 31.2 Å². The Hall–Kier alpha value is -1.30. The van der Waals surface area contributed by atoms with Crippen molar-refractivity contribution in [1.29, 1.82) is 0 Å². The summed E-state index contributed by atoms with van der Waals surface area (Å²) in [7, 11) is -3.15. The Morgan fingerprint density at radius 2 is 1.48 bits per heavy atom. The Bertz CT molecular complexity index is 689. The van der Waals surface area contributed by atoms with E-state index in [0.29, 0.717) is 11.3 Å². The van der Waals surface area contributed by atoms with Gasteiger partial charge in [0.1, 0.15) is 0 Å². The molecule has 21 heavy (non-hydrogen) atoms. The van der Waals surface area contributed by atoms with E-state index in [4.69, 9.17) is 0 Å². The first-order valence-corrected chi connectivity index (χ1v) is 9.37. The molecule has 0 spiro atoms. The molecular weight excluding hydrogens is 304 g/mol. The highest BCUT2D eigenvalue weighted by atomic mass is 32.2. The van der Waals surface area contributed by atoms with E-state index in [2.05, 4.69) is 0 Å². The van der Waals surface area contributed by atoms with Crippen molar-refractivity contribution in [2.75, 3.05) is 6.26 Å². The first-order chi connectivity index (χ1) is 9.90. The summed E-state index contributed by atoms with van der Waals surface area (Å²) in [6, 6.07) is 14.6. The van der Waals surface area contributed by atoms with Crippen LogP contribution >= 0.6 is 11.8 Å². The van der Waals surface area contributed by atoms with Gasteiger partial charge < -0.3 is 5.11 Å². The summed E-state index contributed by atoms with van der Waals surface area (Å²) in [6.45, 7) is 1.94. The molecule has 112 valence electrons. The van der Waals surface area contributed by atoms with Crippen LogP contribution in [0.25, 0.3) is 0 Å². The maximum atomic E-state index is 11.4. The lowest BCUT2D eigenvalue weighted by Gasteiger charge is -2.09. The Kier molecular flexibility index (Phi) is 5.08. The lowest BCUT2D eigenvalue weighted by atomic mass is 10.1. The summed E-state index contributed by atoms with van der Waals surface area (Å²) in [6.07, 6.45) is 1.48. The Morgan fingerprint density at radius 1 is 1.00 bits per heavy atom. The molecule has 0 heterocycles. The fourth-order valence-electron chi connectivity index (χ4n) is 1.88. The SMILES string of the molecule is CC[C@H](O)c1ccc(Sc2ccc(S(C)(=O)=O)cc2)cc1. The van der Waals surface area contributed by atoms with Crippen LogP contribution in [0, 0.1) is 0 Å². The van der Waals surface area contributed by atoms with Crippen LogP contribution in [0.15, 0.2) is 63.2 Å². The van der Waals surface area contributed by atoms with Crippen LogP contribution in [0.3, 0.4) is 0 Å². The molecule has 0 bridgehead atoms. The maximum absolute atomic E-state index is 11.4. The van der Waals surface area contributed by atoms with Crippen LogP contribution in [0.4, 0.5) is 0 Å². The predicted octanol–water partition coefficient (Wildman–Crippen LogP) is 3.68. The number of rotatable bonds is 5. The molecule has 1 N–H and O–H groups in total. The minimum Gasteiger partial charge on any atom is -0.388 e. The van der Waals surface area contributed by atoms with Crippen LogP contribution in [0.1, 0.15) is 25.0 Å². The second-order valence-corrected chi connectivity index (χ2v) is 8.00. The molecule has 0 aliphatic rings. The van der Waals surface area contributed by atoms with Crippen LogP contribution in [0.5, 0.6) is 0 Å². The van der Waals surface area contributed by atoms with E-state index in [1.54, 1.807) is 36.0 Å². The first-order valence-electron chi connectivity index (χ1n) is 6.66. The molecule has 0 amide bonds. The molecule has 2 rings (SSSR count). The zero-order chi connectivity index (χ0) is 15.5. The van der Waals surface area contributed by atoms with Gasteiger partial charge in [-0.1, -0.05) is 30.8 Å². The summed E-state index contributed by atoms with van der Waals surface area (Å²) in [5, 5.41) is 9.75.